The van der Waals surface area contributed by atoms with Gasteiger partial charge in [-0.25, -0.2) is 4.79 Å². The van der Waals surface area contributed by atoms with Crippen molar-refractivity contribution in [2.75, 3.05) is 6.54 Å². The second kappa shape index (κ2) is 7.89. The van der Waals surface area contributed by atoms with Gasteiger partial charge in [-0.3, -0.25) is 9.48 Å². The van der Waals surface area contributed by atoms with Gasteiger partial charge >= 0.3 is 6.09 Å². The van der Waals surface area contributed by atoms with Crippen LogP contribution in [0, 0.1) is 13.8 Å². The molecule has 0 spiro atoms. The van der Waals surface area contributed by atoms with Gasteiger partial charge in [-0.05, 0) is 60.5 Å². The Morgan fingerprint density at radius 2 is 1.76 bits per heavy atom. The zero-order valence-electron chi connectivity index (χ0n) is 16.7. The highest BCUT2D eigenvalue weighted by molar-refractivity contribution is 5.77. The Balaban J connectivity index is 2.48. The highest BCUT2D eigenvalue weighted by atomic mass is 16.6. The van der Waals surface area contributed by atoms with Crippen LogP contribution in [-0.4, -0.2) is 39.5 Å². The van der Waals surface area contributed by atoms with E-state index in [-0.39, 0.29) is 5.91 Å². The summed E-state index contributed by atoms with van der Waals surface area (Å²) < 4.78 is 7.03. The van der Waals surface area contributed by atoms with Crippen molar-refractivity contribution < 1.29 is 14.3 Å². The van der Waals surface area contributed by atoms with Gasteiger partial charge in [0.2, 0.25) is 5.91 Å². The number of amides is 2. The van der Waals surface area contributed by atoms with Crippen LogP contribution in [0.3, 0.4) is 0 Å². The number of ether oxygens (including phenoxy) is 1. The second-order valence-corrected chi connectivity index (χ2v) is 8.06. The molecule has 0 aliphatic heterocycles. The lowest BCUT2D eigenvalue weighted by molar-refractivity contribution is -0.122. The molecular formula is C18H32N4O3. The number of nitrogens with zero attached hydrogens (tertiary/aromatic N) is 2. The van der Waals surface area contributed by atoms with E-state index in [1.807, 2.05) is 60.2 Å². The van der Waals surface area contributed by atoms with Gasteiger partial charge in [0.25, 0.3) is 0 Å². The smallest absolute Gasteiger partial charge is 0.407 e. The van der Waals surface area contributed by atoms with Crippen LogP contribution in [0.5, 0.6) is 0 Å². The molecule has 0 saturated heterocycles. The lowest BCUT2D eigenvalue weighted by Crippen LogP contribution is -2.52. The van der Waals surface area contributed by atoms with E-state index < -0.39 is 17.2 Å². The minimum absolute atomic E-state index is 0.0568. The average molecular weight is 352 g/mol. The number of hydrogen-bond donors (Lipinski definition) is 2. The summed E-state index contributed by atoms with van der Waals surface area (Å²) in [5.74, 6) is -0.0568. The van der Waals surface area contributed by atoms with Crippen LogP contribution in [0.15, 0.2) is 0 Å². The van der Waals surface area contributed by atoms with Crippen molar-refractivity contribution in [1.82, 2.24) is 20.4 Å². The molecule has 0 atom stereocenters. The quantitative estimate of drug-likeness (QED) is 0.823. The molecule has 0 saturated carbocycles. The molecule has 1 rings (SSSR count). The maximum absolute atomic E-state index is 12.3. The molecule has 0 fully saturated rings. The molecule has 1 aromatic heterocycles. The van der Waals surface area contributed by atoms with E-state index in [1.54, 1.807) is 0 Å². The van der Waals surface area contributed by atoms with Gasteiger partial charge in [-0.2, -0.15) is 5.10 Å². The van der Waals surface area contributed by atoms with Crippen molar-refractivity contribution in [3.63, 3.8) is 0 Å². The van der Waals surface area contributed by atoms with E-state index >= 15 is 0 Å². The minimum Gasteiger partial charge on any atom is -0.444 e. The highest BCUT2D eigenvalue weighted by Gasteiger charge is 2.23. The molecular weight excluding hydrogens is 320 g/mol. The Bertz CT molecular complexity index is 627. The number of carbonyl (C=O) groups excluding carboxylic acids is 2. The molecule has 7 nitrogen and oxygen atoms in total. The summed E-state index contributed by atoms with van der Waals surface area (Å²) in [6.45, 7) is 13.4. The number of carbonyl (C=O) groups is 2. The van der Waals surface area contributed by atoms with Gasteiger partial charge in [0.15, 0.2) is 0 Å². The van der Waals surface area contributed by atoms with Gasteiger partial charge in [0, 0.05) is 25.7 Å². The van der Waals surface area contributed by atoms with Crippen LogP contribution in [-0.2, 0) is 23.0 Å². The lowest BCUT2D eigenvalue weighted by atomic mass is 10.0. The largest absolute Gasteiger partial charge is 0.444 e. The third kappa shape index (κ3) is 7.15. The average Bonchev–Trinajstić information content (AvgIpc) is 2.66. The molecule has 0 bridgehead atoms. The van der Waals surface area contributed by atoms with E-state index in [9.17, 15) is 9.59 Å². The van der Waals surface area contributed by atoms with Crippen molar-refractivity contribution in [2.45, 2.75) is 72.4 Å². The van der Waals surface area contributed by atoms with Crippen LogP contribution in [0.4, 0.5) is 4.79 Å². The molecule has 0 aromatic carbocycles. The second-order valence-electron chi connectivity index (χ2n) is 8.06. The SMILES string of the molecule is Cc1nn(C)c(C)c1CCC(=O)NC(C)(C)CNC(=O)OC(C)(C)C. The third-order valence-corrected chi connectivity index (χ3v) is 3.81. The topological polar surface area (TPSA) is 85.3 Å². The normalized spacial score (nSPS) is 12.0. The number of rotatable bonds is 6. The third-order valence-electron chi connectivity index (χ3n) is 3.81. The fourth-order valence-electron chi connectivity index (χ4n) is 2.51. The number of hydrogen-bond acceptors (Lipinski definition) is 4. The number of nitrogens with one attached hydrogen (secondary N) is 2. The Morgan fingerprint density at radius 1 is 1.16 bits per heavy atom. The Kier molecular flexibility index (Phi) is 6.62. The van der Waals surface area contributed by atoms with Crippen LogP contribution >= 0.6 is 0 Å². The Hall–Kier alpha value is -2.05. The molecule has 2 N–H and O–H groups in total. The van der Waals surface area contributed by atoms with Crippen molar-refractivity contribution in [3.05, 3.63) is 17.0 Å². The van der Waals surface area contributed by atoms with Crippen LogP contribution in [0.25, 0.3) is 0 Å². The minimum atomic E-state index is -0.562. The molecule has 2 amide bonds. The molecule has 25 heavy (non-hydrogen) atoms. The van der Waals surface area contributed by atoms with E-state index in [4.69, 9.17) is 4.74 Å². The first kappa shape index (κ1) is 21.0. The van der Waals surface area contributed by atoms with Crippen LogP contribution < -0.4 is 10.6 Å². The highest BCUT2D eigenvalue weighted by Crippen LogP contribution is 2.14. The van der Waals surface area contributed by atoms with E-state index in [1.165, 1.54) is 0 Å². The Labute approximate surface area is 150 Å². The predicted octanol–water partition coefficient (Wildman–Crippen LogP) is 2.39. The zero-order valence-corrected chi connectivity index (χ0v) is 16.7. The molecule has 142 valence electrons. The first-order valence-electron chi connectivity index (χ1n) is 8.58. The van der Waals surface area contributed by atoms with E-state index in [0.29, 0.717) is 19.4 Å². The standard InChI is InChI=1S/C18H32N4O3/c1-12-14(13(2)22(8)21-12)9-10-15(23)20-18(6,7)11-19-16(24)25-17(3,4)5/h9-11H2,1-8H3,(H,19,24)(H,20,23). The van der Waals surface area contributed by atoms with E-state index in [0.717, 1.165) is 17.0 Å². The van der Waals surface area contributed by atoms with Crippen LogP contribution in [0.2, 0.25) is 0 Å². The van der Waals surface area contributed by atoms with Crippen molar-refractivity contribution >= 4 is 12.0 Å². The summed E-state index contributed by atoms with van der Waals surface area (Å²) in [5, 5.41) is 10.0. The van der Waals surface area contributed by atoms with Crippen LogP contribution in [0.1, 0.15) is 58.0 Å². The molecule has 1 heterocycles. The van der Waals surface area contributed by atoms with Gasteiger partial charge in [-0.1, -0.05) is 0 Å². The molecule has 0 radical (unpaired) electrons. The van der Waals surface area contributed by atoms with Gasteiger partial charge < -0.3 is 15.4 Å². The summed E-state index contributed by atoms with van der Waals surface area (Å²) in [6, 6.07) is 0. The maximum Gasteiger partial charge on any atom is 0.407 e. The van der Waals surface area contributed by atoms with E-state index in [2.05, 4.69) is 15.7 Å². The predicted molar refractivity (Wildman–Crippen MR) is 97.5 cm³/mol. The number of aromatic nitrogens is 2. The fourth-order valence-corrected chi connectivity index (χ4v) is 2.51. The van der Waals surface area contributed by atoms with Gasteiger partial charge in [0.1, 0.15) is 5.60 Å². The summed E-state index contributed by atoms with van der Waals surface area (Å²) in [6.07, 6.45) is 0.535. The Morgan fingerprint density at radius 3 is 2.24 bits per heavy atom. The maximum atomic E-state index is 12.3. The molecule has 0 aliphatic rings. The summed E-state index contributed by atoms with van der Waals surface area (Å²) in [7, 11) is 1.90. The number of alkyl carbamates (subject to hydrolysis) is 1. The van der Waals surface area contributed by atoms with Crippen molar-refractivity contribution in [3.8, 4) is 0 Å². The molecule has 7 heteroatoms. The molecule has 1 aromatic rings. The molecule has 0 unspecified atom stereocenters. The lowest BCUT2D eigenvalue weighted by Gasteiger charge is -2.28. The first-order chi connectivity index (χ1) is 11.3. The fraction of sp³-hybridized carbons (Fsp3) is 0.722. The zero-order chi connectivity index (χ0) is 19.4. The van der Waals surface area contributed by atoms with Gasteiger partial charge in [-0.15, -0.1) is 0 Å². The van der Waals surface area contributed by atoms with Gasteiger partial charge in [0.05, 0.1) is 11.2 Å². The number of aryl methyl sites for hydroxylation is 2. The molecule has 0 aliphatic carbocycles. The monoisotopic (exact) mass is 352 g/mol. The summed E-state index contributed by atoms with van der Waals surface area (Å²) >= 11 is 0. The summed E-state index contributed by atoms with van der Waals surface area (Å²) in [4.78, 5) is 24.0. The summed E-state index contributed by atoms with van der Waals surface area (Å²) in [5.41, 5.74) is 2.04. The van der Waals surface area contributed by atoms with Crippen molar-refractivity contribution in [2.24, 2.45) is 7.05 Å². The van der Waals surface area contributed by atoms with Crippen molar-refractivity contribution in [1.29, 1.82) is 0 Å². The first-order valence-corrected chi connectivity index (χ1v) is 8.58.